The number of rotatable bonds is 5. The molecule has 1 atom stereocenters. The van der Waals surface area contributed by atoms with Crippen LogP contribution in [-0.4, -0.2) is 60.6 Å². The van der Waals surface area contributed by atoms with Crippen molar-refractivity contribution >= 4 is 27.5 Å². The number of piperidine rings is 2. The highest BCUT2D eigenvalue weighted by Gasteiger charge is 2.34. The van der Waals surface area contributed by atoms with E-state index in [0.29, 0.717) is 49.6 Å². The summed E-state index contributed by atoms with van der Waals surface area (Å²) in [5, 5.41) is 2.69. The van der Waals surface area contributed by atoms with Gasteiger partial charge < -0.3 is 15.2 Å². The van der Waals surface area contributed by atoms with Gasteiger partial charge in [0.25, 0.3) is 5.91 Å². The van der Waals surface area contributed by atoms with Crippen molar-refractivity contribution in [2.75, 3.05) is 31.5 Å². The molecule has 10 heteroatoms. The highest BCUT2D eigenvalue weighted by molar-refractivity contribution is 7.89. The van der Waals surface area contributed by atoms with Gasteiger partial charge in [-0.25, -0.2) is 12.8 Å². The van der Waals surface area contributed by atoms with Gasteiger partial charge in [-0.15, -0.1) is 0 Å². The molecule has 2 N–H and O–H groups in total. The topological polar surface area (TPSA) is 103 Å². The average molecular weight is 491 g/mol. The number of anilines is 1. The molecule has 4 rings (SSSR count). The Morgan fingerprint density at radius 1 is 1.12 bits per heavy atom. The van der Waals surface area contributed by atoms with E-state index in [2.05, 4.69) is 17.2 Å². The van der Waals surface area contributed by atoms with Gasteiger partial charge in [0.05, 0.1) is 5.92 Å². The van der Waals surface area contributed by atoms with E-state index in [9.17, 15) is 22.4 Å². The van der Waals surface area contributed by atoms with Crippen molar-refractivity contribution in [3.63, 3.8) is 0 Å². The molecule has 1 aromatic heterocycles. The van der Waals surface area contributed by atoms with Gasteiger partial charge >= 0.3 is 0 Å². The fourth-order valence-electron chi connectivity index (χ4n) is 4.47. The Hall–Kier alpha value is -2.72. The lowest BCUT2D eigenvalue weighted by Gasteiger charge is -2.31. The number of carbonyl (C=O) groups excluding carboxylic acids is 2. The van der Waals surface area contributed by atoms with Crippen LogP contribution in [0, 0.1) is 24.6 Å². The Bertz CT molecular complexity index is 1170. The lowest BCUT2D eigenvalue weighted by Crippen LogP contribution is -2.43. The number of benzene rings is 1. The van der Waals surface area contributed by atoms with Gasteiger partial charge in [-0.05, 0) is 62.3 Å². The second kappa shape index (κ2) is 9.87. The molecule has 1 aromatic carbocycles. The molecule has 0 radical (unpaired) electrons. The van der Waals surface area contributed by atoms with Crippen LogP contribution in [0.1, 0.15) is 48.7 Å². The second-order valence-corrected chi connectivity index (χ2v) is 11.3. The number of hydrogen-bond acceptors (Lipinski definition) is 4. The number of hydrogen-bond donors (Lipinski definition) is 2. The molecular weight excluding hydrogens is 459 g/mol. The predicted octanol–water partition coefficient (Wildman–Crippen LogP) is 3.37. The highest BCUT2D eigenvalue weighted by Crippen LogP contribution is 2.26. The summed E-state index contributed by atoms with van der Waals surface area (Å²) in [6, 6.07) is 5.84. The van der Waals surface area contributed by atoms with Gasteiger partial charge in [-0.1, -0.05) is 13.0 Å². The summed E-state index contributed by atoms with van der Waals surface area (Å²) in [4.78, 5) is 30.1. The number of carbonyl (C=O) groups is 2. The molecule has 0 aliphatic carbocycles. The minimum Gasteiger partial charge on any atom is -0.356 e. The Balaban J connectivity index is 1.42. The number of aryl methyl sites for hydroxylation is 1. The number of nitrogens with zero attached hydrogens (tertiary/aromatic N) is 2. The molecule has 0 spiro atoms. The molecule has 8 nitrogen and oxygen atoms in total. The van der Waals surface area contributed by atoms with Crippen LogP contribution >= 0.6 is 0 Å². The molecule has 184 valence electrons. The van der Waals surface area contributed by atoms with Crippen LogP contribution in [-0.2, 0) is 14.8 Å². The number of halogens is 1. The number of H-pyrrole nitrogens is 1. The zero-order valence-corrected chi connectivity index (χ0v) is 20.3. The average Bonchev–Trinajstić information content (AvgIpc) is 3.33. The van der Waals surface area contributed by atoms with Crippen LogP contribution in [0.4, 0.5) is 10.1 Å². The van der Waals surface area contributed by atoms with Gasteiger partial charge in [0.2, 0.25) is 15.9 Å². The third kappa shape index (κ3) is 5.17. The van der Waals surface area contributed by atoms with Crippen LogP contribution in [0.2, 0.25) is 0 Å². The molecule has 2 fully saturated rings. The highest BCUT2D eigenvalue weighted by atomic mass is 32.2. The first kappa shape index (κ1) is 24.4. The summed E-state index contributed by atoms with van der Waals surface area (Å²) in [6.07, 6.45) is 4.28. The van der Waals surface area contributed by atoms with Crippen LogP contribution in [0.5, 0.6) is 0 Å². The Morgan fingerprint density at radius 2 is 1.85 bits per heavy atom. The van der Waals surface area contributed by atoms with E-state index in [-0.39, 0.29) is 28.9 Å². The van der Waals surface area contributed by atoms with Gasteiger partial charge in [-0.3, -0.25) is 9.59 Å². The van der Waals surface area contributed by atoms with Crippen LogP contribution < -0.4 is 5.32 Å². The summed E-state index contributed by atoms with van der Waals surface area (Å²) >= 11 is 0. The van der Waals surface area contributed by atoms with Crippen molar-refractivity contribution in [1.82, 2.24) is 14.2 Å². The molecule has 2 amide bonds. The van der Waals surface area contributed by atoms with Crippen molar-refractivity contribution < 1.29 is 22.4 Å². The van der Waals surface area contributed by atoms with Crippen LogP contribution in [0.25, 0.3) is 0 Å². The van der Waals surface area contributed by atoms with E-state index in [4.69, 9.17) is 0 Å². The quantitative estimate of drug-likeness (QED) is 0.671. The summed E-state index contributed by atoms with van der Waals surface area (Å²) in [5.74, 6) is -0.925. The monoisotopic (exact) mass is 490 g/mol. The fourth-order valence-corrected chi connectivity index (χ4v) is 5.99. The largest absolute Gasteiger partial charge is 0.356 e. The summed E-state index contributed by atoms with van der Waals surface area (Å²) in [6.45, 7) is 5.44. The van der Waals surface area contributed by atoms with Crippen molar-refractivity contribution in [2.24, 2.45) is 11.8 Å². The third-order valence-corrected chi connectivity index (χ3v) is 8.63. The molecule has 0 bridgehead atoms. The van der Waals surface area contributed by atoms with Crippen LogP contribution in [0.15, 0.2) is 35.4 Å². The molecule has 0 unspecified atom stereocenters. The van der Waals surface area contributed by atoms with Crippen LogP contribution in [0.3, 0.4) is 0 Å². The third-order valence-electron chi connectivity index (χ3n) is 6.79. The van der Waals surface area contributed by atoms with Gasteiger partial charge in [0.1, 0.15) is 16.4 Å². The fraction of sp³-hybridized carbons (Fsp3) is 0.500. The molecule has 2 aromatic rings. The minimum absolute atomic E-state index is 0.0166. The van der Waals surface area contributed by atoms with Crippen molar-refractivity contribution in [3.05, 3.63) is 47.5 Å². The maximum absolute atomic E-state index is 13.8. The number of amides is 2. The Labute approximate surface area is 199 Å². The lowest BCUT2D eigenvalue weighted by atomic mass is 9.98. The Morgan fingerprint density at radius 3 is 2.56 bits per heavy atom. The van der Waals surface area contributed by atoms with Gasteiger partial charge in [0.15, 0.2) is 0 Å². The minimum atomic E-state index is -3.87. The molecule has 2 aliphatic heterocycles. The first-order chi connectivity index (χ1) is 16.1. The normalized spacial score (nSPS) is 20.3. The number of aromatic amines is 1. The maximum atomic E-state index is 13.8. The van der Waals surface area contributed by atoms with Gasteiger partial charge in [-0.2, -0.15) is 4.31 Å². The standard InChI is InChI=1S/C24H31FN4O4S/c1-16-7-10-28(11-8-16)24(31)22-13-20(14-26-22)34(32,33)29-9-3-4-18(15-29)23(30)27-19-6-5-17(2)21(25)12-19/h5-6,12-14,16,18,26H,3-4,7-11,15H2,1-2H3,(H,27,30)/t18-/m0/s1. The van der Waals surface area contributed by atoms with E-state index < -0.39 is 21.8 Å². The molecule has 2 aliphatic rings. The summed E-state index contributed by atoms with van der Waals surface area (Å²) in [5.41, 5.74) is 1.07. The zero-order valence-electron chi connectivity index (χ0n) is 19.5. The lowest BCUT2D eigenvalue weighted by molar-refractivity contribution is -0.120. The van der Waals surface area contributed by atoms with Crippen molar-refractivity contribution in [3.8, 4) is 0 Å². The van der Waals surface area contributed by atoms with E-state index >= 15 is 0 Å². The molecule has 3 heterocycles. The van der Waals surface area contributed by atoms with Gasteiger partial charge in [0, 0.05) is 38.1 Å². The molecule has 2 saturated heterocycles. The first-order valence-electron chi connectivity index (χ1n) is 11.7. The number of aromatic nitrogens is 1. The van der Waals surface area contributed by atoms with E-state index in [1.54, 1.807) is 24.0 Å². The molecule has 0 saturated carbocycles. The summed E-state index contributed by atoms with van der Waals surface area (Å²) < 4.78 is 41.6. The number of likely N-dealkylation sites (tertiary alicyclic amines) is 1. The number of nitrogens with one attached hydrogen (secondary N) is 2. The zero-order chi connectivity index (χ0) is 24.5. The summed E-state index contributed by atoms with van der Waals surface area (Å²) in [7, 11) is -3.87. The van der Waals surface area contributed by atoms with E-state index in [0.717, 1.165) is 12.8 Å². The van der Waals surface area contributed by atoms with Crippen molar-refractivity contribution in [2.45, 2.75) is 44.4 Å². The SMILES string of the molecule is Cc1ccc(NC(=O)[C@H]2CCCN(S(=O)(=O)c3c[nH]c(C(=O)N4CCC(C)CC4)c3)C2)cc1F. The van der Waals surface area contributed by atoms with Crippen molar-refractivity contribution in [1.29, 1.82) is 0 Å². The predicted molar refractivity (Wildman–Crippen MR) is 126 cm³/mol. The van der Waals surface area contributed by atoms with E-state index in [1.165, 1.54) is 22.6 Å². The number of sulfonamides is 1. The second-order valence-electron chi connectivity index (χ2n) is 9.38. The first-order valence-corrected chi connectivity index (χ1v) is 13.1. The molecule has 34 heavy (non-hydrogen) atoms. The smallest absolute Gasteiger partial charge is 0.270 e. The molecular formula is C24H31FN4O4S. The maximum Gasteiger partial charge on any atom is 0.270 e. The van der Waals surface area contributed by atoms with E-state index in [1.807, 2.05) is 0 Å². The Kier molecular flexibility index (Phi) is 7.09.